The lowest BCUT2D eigenvalue weighted by Crippen LogP contribution is -2.13. The van der Waals surface area contributed by atoms with E-state index in [9.17, 15) is 0 Å². The Labute approximate surface area is 118 Å². The Balaban J connectivity index is 1.70. The summed E-state index contributed by atoms with van der Waals surface area (Å²) in [5, 5.41) is 4.73. The van der Waals surface area contributed by atoms with E-state index in [-0.39, 0.29) is 0 Å². The van der Waals surface area contributed by atoms with Crippen LogP contribution in [0.15, 0.2) is 42.9 Å². The molecular formula is C16H18N4. The van der Waals surface area contributed by atoms with Crippen molar-refractivity contribution in [2.75, 3.05) is 0 Å². The molecule has 0 amide bonds. The predicted molar refractivity (Wildman–Crippen MR) is 80.2 cm³/mol. The summed E-state index contributed by atoms with van der Waals surface area (Å²) in [6.45, 7) is 3.51. The second-order valence-corrected chi connectivity index (χ2v) is 5.04. The molecule has 2 heterocycles. The maximum Gasteiger partial charge on any atom is 0.0724 e. The van der Waals surface area contributed by atoms with Crippen LogP contribution in [0.4, 0.5) is 0 Å². The number of nitrogens with zero attached hydrogens (tertiary/aromatic N) is 3. The Hall–Kier alpha value is -2.20. The van der Waals surface area contributed by atoms with Crippen molar-refractivity contribution in [1.29, 1.82) is 0 Å². The van der Waals surface area contributed by atoms with Crippen molar-refractivity contribution in [3.63, 3.8) is 0 Å². The summed E-state index contributed by atoms with van der Waals surface area (Å²) < 4.78 is 2.16. The molecule has 0 radical (unpaired) electrons. The first kappa shape index (κ1) is 12.8. The molecule has 0 saturated carbocycles. The van der Waals surface area contributed by atoms with Gasteiger partial charge < -0.3 is 9.88 Å². The SMILES string of the molecule is Cc1cnc(CNCc2cn(C)c3ccccc23)cn1. The van der Waals surface area contributed by atoms with E-state index in [1.807, 2.05) is 13.1 Å². The Morgan fingerprint density at radius 1 is 1.10 bits per heavy atom. The van der Waals surface area contributed by atoms with Crippen LogP contribution < -0.4 is 5.32 Å². The monoisotopic (exact) mass is 266 g/mol. The van der Waals surface area contributed by atoms with E-state index >= 15 is 0 Å². The van der Waals surface area contributed by atoms with Gasteiger partial charge in [0.1, 0.15) is 0 Å². The molecule has 20 heavy (non-hydrogen) atoms. The van der Waals surface area contributed by atoms with Gasteiger partial charge in [-0.1, -0.05) is 18.2 Å². The van der Waals surface area contributed by atoms with Crippen molar-refractivity contribution in [3.05, 3.63) is 59.8 Å². The Kier molecular flexibility index (Phi) is 3.48. The number of para-hydroxylation sites is 1. The van der Waals surface area contributed by atoms with Crippen molar-refractivity contribution in [1.82, 2.24) is 19.9 Å². The smallest absolute Gasteiger partial charge is 0.0724 e. The maximum absolute atomic E-state index is 4.35. The van der Waals surface area contributed by atoms with E-state index < -0.39 is 0 Å². The van der Waals surface area contributed by atoms with E-state index in [0.717, 1.165) is 24.5 Å². The molecule has 0 bridgehead atoms. The normalized spacial score (nSPS) is 11.1. The van der Waals surface area contributed by atoms with Crippen LogP contribution in [0.1, 0.15) is 17.0 Å². The highest BCUT2D eigenvalue weighted by Crippen LogP contribution is 2.19. The van der Waals surface area contributed by atoms with E-state index in [4.69, 9.17) is 0 Å². The zero-order valence-corrected chi connectivity index (χ0v) is 11.8. The van der Waals surface area contributed by atoms with Crippen molar-refractivity contribution >= 4 is 10.9 Å². The van der Waals surface area contributed by atoms with Gasteiger partial charge >= 0.3 is 0 Å². The number of aromatic nitrogens is 3. The van der Waals surface area contributed by atoms with Crippen LogP contribution >= 0.6 is 0 Å². The molecule has 4 nitrogen and oxygen atoms in total. The average molecular weight is 266 g/mol. The third-order valence-electron chi connectivity index (χ3n) is 3.44. The fraction of sp³-hybridized carbons (Fsp3) is 0.250. The molecule has 0 aliphatic rings. The minimum absolute atomic E-state index is 0.733. The number of aryl methyl sites for hydroxylation is 2. The summed E-state index contributed by atoms with van der Waals surface area (Å²) in [4.78, 5) is 8.60. The van der Waals surface area contributed by atoms with E-state index in [0.29, 0.717) is 0 Å². The van der Waals surface area contributed by atoms with Crippen LogP contribution in [0.5, 0.6) is 0 Å². The zero-order chi connectivity index (χ0) is 13.9. The number of benzene rings is 1. The van der Waals surface area contributed by atoms with Gasteiger partial charge in [-0.15, -0.1) is 0 Å². The van der Waals surface area contributed by atoms with Gasteiger partial charge in [0.15, 0.2) is 0 Å². The minimum Gasteiger partial charge on any atom is -0.350 e. The number of fused-ring (bicyclic) bond motifs is 1. The Morgan fingerprint density at radius 2 is 1.95 bits per heavy atom. The number of hydrogen-bond acceptors (Lipinski definition) is 3. The van der Waals surface area contributed by atoms with E-state index in [2.05, 4.69) is 57.4 Å². The summed E-state index contributed by atoms with van der Waals surface area (Å²) in [7, 11) is 2.08. The van der Waals surface area contributed by atoms with Crippen LogP contribution in [0.25, 0.3) is 10.9 Å². The Morgan fingerprint density at radius 3 is 2.75 bits per heavy atom. The highest BCUT2D eigenvalue weighted by atomic mass is 14.9. The molecule has 0 aliphatic carbocycles. The summed E-state index contributed by atoms with van der Waals surface area (Å²) in [5.74, 6) is 0. The fourth-order valence-corrected chi connectivity index (χ4v) is 2.40. The van der Waals surface area contributed by atoms with Gasteiger partial charge in [-0.3, -0.25) is 9.97 Å². The summed E-state index contributed by atoms with van der Waals surface area (Å²) >= 11 is 0. The van der Waals surface area contributed by atoms with Gasteiger partial charge in [0.25, 0.3) is 0 Å². The average Bonchev–Trinajstić information content (AvgIpc) is 2.79. The summed E-state index contributed by atoms with van der Waals surface area (Å²) in [6, 6.07) is 8.46. The van der Waals surface area contributed by atoms with Gasteiger partial charge in [0.05, 0.1) is 11.4 Å². The largest absolute Gasteiger partial charge is 0.350 e. The quantitative estimate of drug-likeness (QED) is 0.789. The van der Waals surface area contributed by atoms with Crippen LogP contribution in [0.2, 0.25) is 0 Å². The van der Waals surface area contributed by atoms with Crippen LogP contribution in [-0.4, -0.2) is 14.5 Å². The number of rotatable bonds is 4. The lowest BCUT2D eigenvalue weighted by atomic mass is 10.2. The first-order valence-corrected chi connectivity index (χ1v) is 6.75. The molecule has 4 heteroatoms. The topological polar surface area (TPSA) is 42.7 Å². The van der Waals surface area contributed by atoms with Crippen LogP contribution in [0, 0.1) is 6.92 Å². The molecule has 0 spiro atoms. The zero-order valence-electron chi connectivity index (χ0n) is 11.8. The molecule has 102 valence electrons. The molecule has 1 aromatic carbocycles. The molecule has 0 saturated heterocycles. The molecule has 0 atom stereocenters. The molecule has 3 aromatic rings. The summed E-state index contributed by atoms with van der Waals surface area (Å²) in [5.41, 5.74) is 4.49. The molecule has 3 rings (SSSR count). The molecular weight excluding hydrogens is 248 g/mol. The summed E-state index contributed by atoms with van der Waals surface area (Å²) in [6.07, 6.45) is 5.80. The second kappa shape index (κ2) is 5.43. The van der Waals surface area contributed by atoms with Crippen molar-refractivity contribution in [3.8, 4) is 0 Å². The third kappa shape index (κ3) is 2.56. The predicted octanol–water partition coefficient (Wildman–Crippen LogP) is 2.57. The van der Waals surface area contributed by atoms with Crippen molar-refractivity contribution in [2.24, 2.45) is 7.05 Å². The molecule has 2 aromatic heterocycles. The van der Waals surface area contributed by atoms with Gasteiger partial charge in [-0.2, -0.15) is 0 Å². The van der Waals surface area contributed by atoms with Crippen molar-refractivity contribution < 1.29 is 0 Å². The first-order valence-electron chi connectivity index (χ1n) is 6.75. The van der Waals surface area contributed by atoms with E-state index in [1.54, 1.807) is 6.20 Å². The molecule has 0 aliphatic heterocycles. The standard InChI is InChI=1S/C16H18N4/c1-12-7-19-14(10-18-12)9-17-8-13-11-20(2)16-6-4-3-5-15(13)16/h3-7,10-11,17H,8-9H2,1-2H3. The second-order valence-electron chi connectivity index (χ2n) is 5.04. The lowest BCUT2D eigenvalue weighted by Gasteiger charge is -2.03. The van der Waals surface area contributed by atoms with Gasteiger partial charge in [-0.25, -0.2) is 0 Å². The number of nitrogens with one attached hydrogen (secondary N) is 1. The van der Waals surface area contributed by atoms with E-state index in [1.165, 1.54) is 16.5 Å². The fourth-order valence-electron chi connectivity index (χ4n) is 2.40. The highest BCUT2D eigenvalue weighted by molar-refractivity contribution is 5.83. The van der Waals surface area contributed by atoms with Crippen molar-refractivity contribution in [2.45, 2.75) is 20.0 Å². The van der Waals surface area contributed by atoms with Gasteiger partial charge in [-0.05, 0) is 18.6 Å². The number of hydrogen-bond donors (Lipinski definition) is 1. The Bertz CT molecular complexity index is 713. The maximum atomic E-state index is 4.35. The lowest BCUT2D eigenvalue weighted by molar-refractivity contribution is 0.677. The molecule has 0 fully saturated rings. The first-order chi connectivity index (χ1) is 9.74. The molecule has 0 unspecified atom stereocenters. The minimum atomic E-state index is 0.733. The van der Waals surface area contributed by atoms with Crippen LogP contribution in [-0.2, 0) is 20.1 Å². The van der Waals surface area contributed by atoms with Gasteiger partial charge in [0.2, 0.25) is 0 Å². The van der Waals surface area contributed by atoms with Gasteiger partial charge in [0, 0.05) is 49.6 Å². The van der Waals surface area contributed by atoms with Crippen LogP contribution in [0.3, 0.4) is 0 Å². The highest BCUT2D eigenvalue weighted by Gasteiger charge is 2.05. The molecule has 1 N–H and O–H groups in total. The third-order valence-corrected chi connectivity index (χ3v) is 3.44.